The normalized spacial score (nSPS) is 16.1. The SMILES string of the molecule is Cc1c(C(=O)O)[nH]c2ccc(C3CCN(C(=O)OC(C)(C)C)CC3)cc12. The summed E-state index contributed by atoms with van der Waals surface area (Å²) in [6, 6.07) is 6.09. The van der Waals surface area contributed by atoms with Crippen LogP contribution in [0.25, 0.3) is 10.9 Å². The van der Waals surface area contributed by atoms with E-state index in [0.29, 0.717) is 19.0 Å². The molecule has 2 N–H and O–H groups in total. The number of rotatable bonds is 2. The summed E-state index contributed by atoms with van der Waals surface area (Å²) in [5, 5.41) is 10.2. The molecule has 1 aliphatic rings. The highest BCUT2D eigenvalue weighted by Crippen LogP contribution is 2.32. The Morgan fingerprint density at radius 3 is 2.46 bits per heavy atom. The van der Waals surface area contributed by atoms with Crippen LogP contribution >= 0.6 is 0 Å². The van der Waals surface area contributed by atoms with Crippen LogP contribution in [0.15, 0.2) is 18.2 Å². The molecule has 1 aliphatic heterocycles. The summed E-state index contributed by atoms with van der Waals surface area (Å²) >= 11 is 0. The minimum atomic E-state index is -0.939. The number of nitrogens with one attached hydrogen (secondary N) is 1. The highest BCUT2D eigenvalue weighted by atomic mass is 16.6. The van der Waals surface area contributed by atoms with Gasteiger partial charge in [-0.05, 0) is 69.7 Å². The van der Waals surface area contributed by atoms with Crippen LogP contribution in [0, 0.1) is 6.92 Å². The Bertz CT molecular complexity index is 839. The largest absolute Gasteiger partial charge is 0.477 e. The monoisotopic (exact) mass is 358 g/mol. The highest BCUT2D eigenvalue weighted by Gasteiger charge is 2.27. The van der Waals surface area contributed by atoms with Crippen LogP contribution in [-0.4, -0.2) is 45.7 Å². The van der Waals surface area contributed by atoms with E-state index in [-0.39, 0.29) is 11.8 Å². The van der Waals surface area contributed by atoms with Gasteiger partial charge in [0.05, 0.1) is 0 Å². The first kappa shape index (κ1) is 18.3. The average molecular weight is 358 g/mol. The Balaban J connectivity index is 1.72. The summed E-state index contributed by atoms with van der Waals surface area (Å²) in [7, 11) is 0. The molecule has 0 unspecified atom stereocenters. The van der Waals surface area contributed by atoms with Crippen LogP contribution in [0.4, 0.5) is 4.79 Å². The number of amides is 1. The quantitative estimate of drug-likeness (QED) is 0.839. The molecule has 2 heterocycles. The maximum absolute atomic E-state index is 12.2. The number of nitrogens with zero attached hydrogens (tertiary/aromatic N) is 1. The van der Waals surface area contributed by atoms with Crippen molar-refractivity contribution in [3.8, 4) is 0 Å². The molecule has 0 spiro atoms. The van der Waals surface area contributed by atoms with E-state index in [9.17, 15) is 14.7 Å². The van der Waals surface area contributed by atoms with Gasteiger partial charge >= 0.3 is 12.1 Å². The van der Waals surface area contributed by atoms with Gasteiger partial charge in [-0.25, -0.2) is 9.59 Å². The molecule has 0 saturated carbocycles. The Labute approximate surface area is 153 Å². The fourth-order valence-corrected chi connectivity index (χ4v) is 3.53. The lowest BCUT2D eigenvalue weighted by molar-refractivity contribution is 0.0204. The smallest absolute Gasteiger partial charge is 0.410 e. The van der Waals surface area contributed by atoms with Crippen molar-refractivity contribution in [2.45, 2.75) is 52.1 Å². The molecule has 26 heavy (non-hydrogen) atoms. The zero-order valence-corrected chi connectivity index (χ0v) is 15.8. The molecule has 2 aromatic rings. The van der Waals surface area contributed by atoms with Crippen LogP contribution in [-0.2, 0) is 4.74 Å². The van der Waals surface area contributed by atoms with Crippen molar-refractivity contribution in [2.24, 2.45) is 0 Å². The molecule has 0 aliphatic carbocycles. The number of carboxylic acid groups (broad SMARTS) is 1. The summed E-state index contributed by atoms with van der Waals surface area (Å²) in [5.74, 6) is -0.577. The maximum Gasteiger partial charge on any atom is 0.410 e. The zero-order chi connectivity index (χ0) is 19.1. The molecule has 1 fully saturated rings. The Kier molecular flexibility index (Phi) is 4.69. The lowest BCUT2D eigenvalue weighted by Gasteiger charge is -2.33. The summed E-state index contributed by atoms with van der Waals surface area (Å²) in [5.41, 5.74) is 2.57. The number of aromatic nitrogens is 1. The molecule has 3 rings (SSSR count). The third-order valence-electron chi connectivity index (χ3n) is 4.91. The third-order valence-corrected chi connectivity index (χ3v) is 4.91. The second-order valence-corrected chi connectivity index (χ2v) is 7.98. The van der Waals surface area contributed by atoms with Crippen molar-refractivity contribution in [1.82, 2.24) is 9.88 Å². The van der Waals surface area contributed by atoms with Gasteiger partial charge in [-0.15, -0.1) is 0 Å². The Morgan fingerprint density at radius 1 is 1.23 bits per heavy atom. The second kappa shape index (κ2) is 6.67. The van der Waals surface area contributed by atoms with Gasteiger partial charge in [-0.3, -0.25) is 0 Å². The predicted octanol–water partition coefficient (Wildman–Crippen LogP) is 4.29. The Morgan fingerprint density at radius 2 is 1.88 bits per heavy atom. The van der Waals surface area contributed by atoms with E-state index in [0.717, 1.165) is 29.3 Å². The molecule has 1 aromatic carbocycles. The number of carbonyl (C=O) groups excluding carboxylic acids is 1. The zero-order valence-electron chi connectivity index (χ0n) is 15.8. The van der Waals surface area contributed by atoms with Gasteiger partial charge in [0.25, 0.3) is 0 Å². The number of carbonyl (C=O) groups is 2. The highest BCUT2D eigenvalue weighted by molar-refractivity contribution is 5.97. The first-order chi connectivity index (χ1) is 12.2. The average Bonchev–Trinajstić information content (AvgIpc) is 2.90. The molecule has 1 aromatic heterocycles. The summed E-state index contributed by atoms with van der Waals surface area (Å²) in [4.78, 5) is 28.2. The molecular formula is C20H26N2O4. The van der Waals surface area contributed by atoms with Crippen molar-refractivity contribution >= 4 is 23.0 Å². The van der Waals surface area contributed by atoms with Gasteiger partial charge in [0.1, 0.15) is 11.3 Å². The van der Waals surface area contributed by atoms with E-state index < -0.39 is 11.6 Å². The molecular weight excluding hydrogens is 332 g/mol. The van der Waals surface area contributed by atoms with Gasteiger partial charge in [0, 0.05) is 24.0 Å². The van der Waals surface area contributed by atoms with Crippen LogP contribution in [0.5, 0.6) is 0 Å². The van der Waals surface area contributed by atoms with Gasteiger partial charge in [0.2, 0.25) is 0 Å². The molecule has 6 heteroatoms. The number of likely N-dealkylation sites (tertiary alicyclic amines) is 1. The molecule has 0 bridgehead atoms. The molecule has 1 saturated heterocycles. The van der Waals surface area contributed by atoms with Crippen molar-refractivity contribution in [3.63, 3.8) is 0 Å². The van der Waals surface area contributed by atoms with Crippen LogP contribution in [0.3, 0.4) is 0 Å². The van der Waals surface area contributed by atoms with E-state index in [2.05, 4.69) is 17.1 Å². The number of carboxylic acids is 1. The van der Waals surface area contributed by atoms with Crippen LogP contribution in [0.1, 0.15) is 61.1 Å². The van der Waals surface area contributed by atoms with Gasteiger partial charge in [0.15, 0.2) is 0 Å². The standard InChI is InChI=1S/C20H26N2O4/c1-12-15-11-14(5-6-16(15)21-17(12)18(23)24)13-7-9-22(10-8-13)19(25)26-20(2,3)4/h5-6,11,13,21H,7-10H2,1-4H3,(H,23,24). The van der Waals surface area contributed by atoms with Crippen LogP contribution in [0.2, 0.25) is 0 Å². The Hall–Kier alpha value is -2.50. The number of piperidine rings is 1. The first-order valence-corrected chi connectivity index (χ1v) is 8.99. The minimum Gasteiger partial charge on any atom is -0.477 e. The van der Waals surface area contributed by atoms with E-state index in [1.165, 1.54) is 5.56 Å². The van der Waals surface area contributed by atoms with E-state index in [1.54, 1.807) is 4.90 Å². The number of benzene rings is 1. The van der Waals surface area contributed by atoms with Gasteiger partial charge < -0.3 is 19.7 Å². The maximum atomic E-state index is 12.2. The topological polar surface area (TPSA) is 82.6 Å². The number of aromatic carboxylic acids is 1. The van der Waals surface area contributed by atoms with E-state index >= 15 is 0 Å². The molecule has 1 amide bonds. The number of H-pyrrole nitrogens is 1. The summed E-state index contributed by atoms with van der Waals surface area (Å²) in [6.07, 6.45) is 1.50. The predicted molar refractivity (Wildman–Crippen MR) is 99.8 cm³/mol. The summed E-state index contributed by atoms with van der Waals surface area (Å²) in [6.45, 7) is 8.79. The molecule has 0 atom stereocenters. The number of hydrogen-bond donors (Lipinski definition) is 2. The minimum absolute atomic E-state index is 0.247. The fraction of sp³-hybridized carbons (Fsp3) is 0.500. The molecule has 6 nitrogen and oxygen atoms in total. The summed E-state index contributed by atoms with van der Waals surface area (Å²) < 4.78 is 5.44. The number of hydrogen-bond acceptors (Lipinski definition) is 3. The van der Waals surface area contributed by atoms with Crippen molar-refractivity contribution < 1.29 is 19.4 Å². The second-order valence-electron chi connectivity index (χ2n) is 7.98. The van der Waals surface area contributed by atoms with E-state index in [1.807, 2.05) is 33.8 Å². The number of aryl methyl sites for hydroxylation is 1. The number of ether oxygens (including phenoxy) is 1. The fourth-order valence-electron chi connectivity index (χ4n) is 3.53. The first-order valence-electron chi connectivity index (χ1n) is 8.99. The molecule has 140 valence electrons. The van der Waals surface area contributed by atoms with Crippen molar-refractivity contribution in [3.05, 3.63) is 35.0 Å². The van der Waals surface area contributed by atoms with Crippen LogP contribution < -0.4 is 0 Å². The molecule has 0 radical (unpaired) electrons. The lowest BCUT2D eigenvalue weighted by atomic mass is 9.88. The van der Waals surface area contributed by atoms with E-state index in [4.69, 9.17) is 4.74 Å². The van der Waals surface area contributed by atoms with Crippen molar-refractivity contribution in [1.29, 1.82) is 0 Å². The van der Waals surface area contributed by atoms with Gasteiger partial charge in [-0.1, -0.05) is 6.07 Å². The number of fused-ring (bicyclic) bond motifs is 1. The lowest BCUT2D eigenvalue weighted by Crippen LogP contribution is -2.41. The van der Waals surface area contributed by atoms with Gasteiger partial charge in [-0.2, -0.15) is 0 Å². The number of aromatic amines is 1. The third kappa shape index (κ3) is 3.69. The van der Waals surface area contributed by atoms with Crippen molar-refractivity contribution in [2.75, 3.05) is 13.1 Å².